The molecule has 0 saturated carbocycles. The molecule has 0 aliphatic heterocycles. The van der Waals surface area contributed by atoms with Crippen molar-refractivity contribution in [2.75, 3.05) is 13.7 Å². The number of ether oxygens (including phenoxy) is 1. The normalized spacial score (nSPS) is 11.1. The first kappa shape index (κ1) is 29.2. The Kier molecular flexibility index (Phi) is 18.4. The smallest absolute Gasteiger partial charge is 0.186 e. The Hall–Kier alpha value is -1.82. The van der Waals surface area contributed by atoms with E-state index in [1.165, 1.54) is 103 Å². The van der Waals surface area contributed by atoms with E-state index in [0.717, 1.165) is 18.5 Å². The van der Waals surface area contributed by atoms with Crippen LogP contribution in [0.4, 0.5) is 0 Å². The average molecular weight is 478 g/mol. The second-order valence-corrected chi connectivity index (χ2v) is 9.27. The van der Waals surface area contributed by atoms with Gasteiger partial charge in [0.15, 0.2) is 16.6 Å². The average Bonchev–Trinajstić information content (AvgIpc) is 2.81. The van der Waals surface area contributed by atoms with Gasteiger partial charge in [0.1, 0.15) is 0 Å². The van der Waals surface area contributed by atoms with Crippen LogP contribution in [0.25, 0.3) is 0 Å². The lowest BCUT2D eigenvalue weighted by Crippen LogP contribution is -2.32. The van der Waals surface area contributed by atoms with Crippen LogP contribution in [0, 0.1) is 0 Å². The molecule has 0 aromatic heterocycles. The summed E-state index contributed by atoms with van der Waals surface area (Å²) in [5.41, 5.74) is 3.58. The Balaban J connectivity index is 1.87. The Morgan fingerprint density at radius 3 is 1.88 bits per heavy atom. The van der Waals surface area contributed by atoms with Gasteiger partial charge in [-0.25, -0.2) is 0 Å². The number of thiocarbonyl (C=S) groups is 1. The van der Waals surface area contributed by atoms with Gasteiger partial charge in [0.2, 0.25) is 0 Å². The lowest BCUT2D eigenvalue weighted by atomic mass is 10.0. The number of rotatable bonds is 20. The van der Waals surface area contributed by atoms with E-state index in [1.807, 2.05) is 6.07 Å². The van der Waals surface area contributed by atoms with E-state index in [1.54, 1.807) is 18.3 Å². The van der Waals surface area contributed by atoms with Gasteiger partial charge < -0.3 is 15.2 Å². The molecule has 0 radical (unpaired) electrons. The molecule has 0 spiro atoms. The molecule has 0 aliphatic carbocycles. The highest BCUT2D eigenvalue weighted by molar-refractivity contribution is 7.80. The maximum atomic E-state index is 9.77. The Labute approximate surface area is 207 Å². The predicted molar refractivity (Wildman–Crippen MR) is 146 cm³/mol. The first-order valence-corrected chi connectivity index (χ1v) is 13.5. The molecule has 0 heterocycles. The second-order valence-electron chi connectivity index (χ2n) is 8.86. The third kappa shape index (κ3) is 16.4. The standard InChI is InChI=1S/C27H47N3O2S/c1-3-4-5-6-7-8-9-10-11-12-13-14-15-16-17-18-21-28-27(33)30-29-23-24-19-20-26(32-2)25(31)22-24/h19-20,22-23,31H,3-18,21H2,1-2H3,(H2,28,30,33)/b29-23-. The molecule has 0 aliphatic rings. The zero-order chi connectivity index (χ0) is 24.0. The molecule has 5 nitrogen and oxygen atoms in total. The maximum absolute atomic E-state index is 9.77. The molecule has 1 aromatic carbocycles. The summed E-state index contributed by atoms with van der Waals surface area (Å²) in [4.78, 5) is 0. The third-order valence-corrected chi connectivity index (χ3v) is 6.13. The SMILES string of the molecule is CCCCCCCCCCCCCCCCCCNC(=S)N/N=C\c1ccc(OC)c(O)c1. The topological polar surface area (TPSA) is 65.9 Å². The van der Waals surface area contributed by atoms with E-state index in [9.17, 15) is 5.11 Å². The molecule has 3 N–H and O–H groups in total. The van der Waals surface area contributed by atoms with Crippen molar-refractivity contribution in [2.24, 2.45) is 5.10 Å². The molecule has 1 aromatic rings. The largest absolute Gasteiger partial charge is 0.504 e. The van der Waals surface area contributed by atoms with E-state index in [-0.39, 0.29) is 5.75 Å². The summed E-state index contributed by atoms with van der Waals surface area (Å²) >= 11 is 5.24. The van der Waals surface area contributed by atoms with Crippen molar-refractivity contribution in [1.29, 1.82) is 0 Å². The Morgan fingerprint density at radius 2 is 1.39 bits per heavy atom. The van der Waals surface area contributed by atoms with Gasteiger partial charge in [-0.05, 0) is 42.4 Å². The minimum atomic E-state index is 0.0886. The van der Waals surface area contributed by atoms with Crippen LogP contribution in [0.3, 0.4) is 0 Å². The van der Waals surface area contributed by atoms with Crippen molar-refractivity contribution in [3.63, 3.8) is 0 Å². The van der Waals surface area contributed by atoms with Crippen LogP contribution in [-0.4, -0.2) is 30.1 Å². The summed E-state index contributed by atoms with van der Waals surface area (Å²) in [7, 11) is 1.52. The van der Waals surface area contributed by atoms with Gasteiger partial charge in [0, 0.05) is 6.54 Å². The summed E-state index contributed by atoms with van der Waals surface area (Å²) < 4.78 is 5.03. The number of aromatic hydroxyl groups is 1. The Bertz CT molecular complexity index is 652. The van der Waals surface area contributed by atoms with E-state index in [0.29, 0.717) is 10.9 Å². The first-order valence-electron chi connectivity index (χ1n) is 13.1. The molecule has 0 bridgehead atoms. The van der Waals surface area contributed by atoms with E-state index < -0.39 is 0 Å². The number of hydrazone groups is 1. The highest BCUT2D eigenvalue weighted by atomic mass is 32.1. The van der Waals surface area contributed by atoms with Crippen molar-refractivity contribution < 1.29 is 9.84 Å². The van der Waals surface area contributed by atoms with Crippen molar-refractivity contribution in [3.05, 3.63) is 23.8 Å². The number of hydrogen-bond donors (Lipinski definition) is 3. The van der Waals surface area contributed by atoms with Gasteiger partial charge in [-0.15, -0.1) is 0 Å². The Morgan fingerprint density at radius 1 is 0.879 bits per heavy atom. The zero-order valence-electron chi connectivity index (χ0n) is 21.0. The molecular weight excluding hydrogens is 430 g/mol. The molecule has 0 amide bonds. The molecule has 0 atom stereocenters. The van der Waals surface area contributed by atoms with E-state index >= 15 is 0 Å². The van der Waals surface area contributed by atoms with Gasteiger partial charge in [0.25, 0.3) is 0 Å². The van der Waals surface area contributed by atoms with Crippen LogP contribution in [0.2, 0.25) is 0 Å². The fourth-order valence-electron chi connectivity index (χ4n) is 3.87. The number of phenols is 1. The fraction of sp³-hybridized carbons (Fsp3) is 0.704. The van der Waals surface area contributed by atoms with Gasteiger partial charge in [-0.2, -0.15) is 5.10 Å². The number of nitrogens with zero attached hydrogens (tertiary/aromatic N) is 1. The lowest BCUT2D eigenvalue weighted by molar-refractivity contribution is 0.373. The summed E-state index contributed by atoms with van der Waals surface area (Å²) in [5.74, 6) is 0.529. The van der Waals surface area contributed by atoms with E-state index in [4.69, 9.17) is 17.0 Å². The summed E-state index contributed by atoms with van der Waals surface area (Å²) in [5, 5.41) is 17.6. The molecule has 1 rings (SSSR count). The van der Waals surface area contributed by atoms with Crippen LogP contribution < -0.4 is 15.5 Å². The number of phenolic OH excluding ortho intramolecular Hbond substituents is 1. The minimum Gasteiger partial charge on any atom is -0.504 e. The van der Waals surface area contributed by atoms with Crippen LogP contribution >= 0.6 is 12.2 Å². The van der Waals surface area contributed by atoms with Crippen molar-refractivity contribution in [2.45, 2.75) is 110 Å². The second kappa shape index (κ2) is 20.8. The number of nitrogens with one attached hydrogen (secondary N) is 2. The number of unbranched alkanes of at least 4 members (excludes halogenated alkanes) is 15. The molecule has 0 saturated heterocycles. The fourth-order valence-corrected chi connectivity index (χ4v) is 4.02. The number of benzene rings is 1. The molecule has 0 unspecified atom stereocenters. The summed E-state index contributed by atoms with van der Waals surface area (Å²) in [6.45, 7) is 3.15. The molecule has 188 valence electrons. The van der Waals surface area contributed by atoms with Gasteiger partial charge in [-0.1, -0.05) is 103 Å². The van der Waals surface area contributed by atoms with Crippen LogP contribution in [0.15, 0.2) is 23.3 Å². The molecule has 0 fully saturated rings. The van der Waals surface area contributed by atoms with Crippen LogP contribution in [-0.2, 0) is 0 Å². The zero-order valence-corrected chi connectivity index (χ0v) is 21.9. The van der Waals surface area contributed by atoms with Gasteiger partial charge in [-0.3, -0.25) is 5.43 Å². The molecule has 6 heteroatoms. The number of methoxy groups -OCH3 is 1. The number of hydrogen-bond acceptors (Lipinski definition) is 4. The monoisotopic (exact) mass is 477 g/mol. The van der Waals surface area contributed by atoms with Gasteiger partial charge in [0.05, 0.1) is 13.3 Å². The minimum absolute atomic E-state index is 0.0886. The van der Waals surface area contributed by atoms with Crippen LogP contribution in [0.1, 0.15) is 115 Å². The molecular formula is C27H47N3O2S. The van der Waals surface area contributed by atoms with Crippen LogP contribution in [0.5, 0.6) is 11.5 Å². The quantitative estimate of drug-likeness (QED) is 0.0787. The van der Waals surface area contributed by atoms with Crippen molar-refractivity contribution in [3.8, 4) is 11.5 Å². The summed E-state index contributed by atoms with van der Waals surface area (Å²) in [6, 6.07) is 5.11. The van der Waals surface area contributed by atoms with E-state index in [2.05, 4.69) is 22.8 Å². The summed E-state index contributed by atoms with van der Waals surface area (Å²) in [6.07, 6.45) is 23.6. The van der Waals surface area contributed by atoms with Crippen molar-refractivity contribution in [1.82, 2.24) is 10.7 Å². The highest BCUT2D eigenvalue weighted by Gasteiger charge is 2.01. The van der Waals surface area contributed by atoms with Gasteiger partial charge >= 0.3 is 0 Å². The third-order valence-electron chi connectivity index (χ3n) is 5.90. The van der Waals surface area contributed by atoms with Crippen molar-refractivity contribution >= 4 is 23.5 Å². The predicted octanol–water partition coefficient (Wildman–Crippen LogP) is 7.46. The highest BCUT2D eigenvalue weighted by Crippen LogP contribution is 2.25. The first-order chi connectivity index (χ1) is 16.2. The lowest BCUT2D eigenvalue weighted by Gasteiger charge is -2.07. The maximum Gasteiger partial charge on any atom is 0.186 e. The molecule has 33 heavy (non-hydrogen) atoms.